The summed E-state index contributed by atoms with van der Waals surface area (Å²) in [5.41, 5.74) is 0.0890. The number of aliphatic hydroxyl groups is 1. The fraction of sp³-hybridized carbons (Fsp3) is 0.278. The molecule has 0 aromatic heterocycles. The number of piperidine rings is 1. The number of aliphatic hydroxyl groups excluding tert-OH is 1. The lowest BCUT2D eigenvalue weighted by Gasteiger charge is -2.43. The van der Waals surface area contributed by atoms with E-state index in [9.17, 15) is 14.3 Å². The Hall–Kier alpha value is -1.95. The summed E-state index contributed by atoms with van der Waals surface area (Å²) in [4.78, 5) is 12.7. The Morgan fingerprint density at radius 1 is 1.29 bits per heavy atom. The summed E-state index contributed by atoms with van der Waals surface area (Å²) < 4.78 is 13.2. The Balaban J connectivity index is 1.97. The van der Waals surface area contributed by atoms with Crippen molar-refractivity contribution in [2.75, 3.05) is 13.1 Å². The van der Waals surface area contributed by atoms with Crippen LogP contribution in [0.25, 0.3) is 0 Å². The molecule has 24 heavy (non-hydrogen) atoms. The smallest absolute Gasteiger partial charge is 0.253 e. The van der Waals surface area contributed by atoms with E-state index in [4.69, 9.17) is 11.6 Å². The van der Waals surface area contributed by atoms with Crippen LogP contribution in [0.2, 0.25) is 5.02 Å². The zero-order chi connectivity index (χ0) is 17.2. The lowest BCUT2D eigenvalue weighted by molar-refractivity contribution is 0.0290. The normalized spacial score (nSPS) is 23.7. The van der Waals surface area contributed by atoms with E-state index in [1.807, 2.05) is 30.3 Å². The molecule has 0 aliphatic carbocycles. The molecular weight excluding hydrogens is 331 g/mol. The topological polar surface area (TPSA) is 61.4 Å². The monoisotopic (exact) mass is 348 g/mol. The van der Waals surface area contributed by atoms with Gasteiger partial charge in [-0.25, -0.2) is 4.39 Å². The molecule has 0 unspecified atom stereocenters. The summed E-state index contributed by atoms with van der Waals surface area (Å²) in [6, 6.07) is 13.0. The highest BCUT2D eigenvalue weighted by Crippen LogP contribution is 2.32. The van der Waals surface area contributed by atoms with Gasteiger partial charge in [-0.05, 0) is 36.7 Å². The second-order valence-electron chi connectivity index (χ2n) is 5.89. The van der Waals surface area contributed by atoms with Crippen molar-refractivity contribution in [3.8, 4) is 0 Å². The predicted octanol–water partition coefficient (Wildman–Crippen LogP) is 2.46. The maximum absolute atomic E-state index is 13.2. The number of benzene rings is 2. The van der Waals surface area contributed by atoms with Crippen LogP contribution in [0.1, 0.15) is 22.3 Å². The summed E-state index contributed by atoms with van der Waals surface area (Å²) in [7, 11) is 0. The molecule has 126 valence electrons. The second kappa shape index (κ2) is 6.89. The van der Waals surface area contributed by atoms with Crippen molar-refractivity contribution < 1.29 is 14.3 Å². The summed E-state index contributed by atoms with van der Waals surface area (Å²) >= 11 is 5.99. The van der Waals surface area contributed by atoms with E-state index in [1.165, 1.54) is 12.1 Å². The second-order valence-corrected chi connectivity index (χ2v) is 6.29. The van der Waals surface area contributed by atoms with E-state index >= 15 is 0 Å². The van der Waals surface area contributed by atoms with Gasteiger partial charge in [-0.1, -0.05) is 41.9 Å². The van der Waals surface area contributed by atoms with Crippen molar-refractivity contribution in [3.05, 3.63) is 70.5 Å². The number of halogens is 2. The molecule has 4 nitrogen and oxygen atoms in total. The van der Waals surface area contributed by atoms with Crippen molar-refractivity contribution in [3.63, 3.8) is 0 Å². The van der Waals surface area contributed by atoms with Crippen LogP contribution in [-0.2, 0) is 5.54 Å². The molecule has 6 heteroatoms. The number of carbonyl (C=O) groups excluding carboxylic acids is 1. The van der Waals surface area contributed by atoms with E-state index in [0.29, 0.717) is 19.5 Å². The van der Waals surface area contributed by atoms with Crippen LogP contribution >= 0.6 is 11.6 Å². The number of rotatable bonds is 3. The molecule has 1 aliphatic rings. The largest absolute Gasteiger partial charge is 0.389 e. The highest BCUT2D eigenvalue weighted by atomic mass is 35.5. The minimum Gasteiger partial charge on any atom is -0.389 e. The summed E-state index contributed by atoms with van der Waals surface area (Å²) in [5, 5.41) is 16.7. The SMILES string of the molecule is O=C(N[C@]1(c2ccccc2)CCNC[C@H]1O)c1ccc(F)cc1Cl. The van der Waals surface area contributed by atoms with E-state index in [1.54, 1.807) is 0 Å². The van der Waals surface area contributed by atoms with Crippen LogP contribution in [0.3, 0.4) is 0 Å². The molecule has 1 fully saturated rings. The molecule has 0 bridgehead atoms. The molecule has 2 atom stereocenters. The molecule has 1 aliphatic heterocycles. The van der Waals surface area contributed by atoms with Gasteiger partial charge in [-0.2, -0.15) is 0 Å². The third-order valence-corrected chi connectivity index (χ3v) is 4.72. The Morgan fingerprint density at radius 3 is 2.71 bits per heavy atom. The third kappa shape index (κ3) is 3.15. The number of β-amino-alcohol motifs (C(OH)–C–C–N with tert-alkyl or cyclic N) is 1. The van der Waals surface area contributed by atoms with E-state index in [0.717, 1.165) is 11.6 Å². The Labute approximate surface area is 144 Å². The summed E-state index contributed by atoms with van der Waals surface area (Å²) in [5.74, 6) is -0.943. The summed E-state index contributed by atoms with van der Waals surface area (Å²) in [6.07, 6.45) is -0.264. The minimum absolute atomic E-state index is 0.0409. The van der Waals surface area contributed by atoms with Crippen LogP contribution in [0.5, 0.6) is 0 Å². The number of carbonyl (C=O) groups is 1. The average Bonchev–Trinajstić information content (AvgIpc) is 2.57. The first-order valence-corrected chi connectivity index (χ1v) is 8.12. The van der Waals surface area contributed by atoms with Crippen molar-refractivity contribution >= 4 is 17.5 Å². The molecule has 2 aromatic rings. The first-order chi connectivity index (χ1) is 11.5. The van der Waals surface area contributed by atoms with Gasteiger partial charge in [0.2, 0.25) is 0 Å². The van der Waals surface area contributed by atoms with Gasteiger partial charge in [-0.15, -0.1) is 0 Å². The Kier molecular flexibility index (Phi) is 4.85. The predicted molar refractivity (Wildman–Crippen MR) is 90.5 cm³/mol. The van der Waals surface area contributed by atoms with Gasteiger partial charge in [0, 0.05) is 6.54 Å². The first kappa shape index (κ1) is 16.9. The highest BCUT2D eigenvalue weighted by Gasteiger charge is 2.43. The van der Waals surface area contributed by atoms with Crippen LogP contribution in [-0.4, -0.2) is 30.2 Å². The molecule has 1 heterocycles. The molecule has 2 aromatic carbocycles. The van der Waals surface area contributed by atoms with Gasteiger partial charge in [0.15, 0.2) is 0 Å². The van der Waals surface area contributed by atoms with Crippen molar-refractivity contribution in [2.45, 2.75) is 18.1 Å². The number of hydrogen-bond acceptors (Lipinski definition) is 3. The van der Waals surface area contributed by atoms with Gasteiger partial charge in [0.05, 0.1) is 22.2 Å². The first-order valence-electron chi connectivity index (χ1n) is 7.75. The number of amides is 1. The third-order valence-electron chi connectivity index (χ3n) is 4.40. The van der Waals surface area contributed by atoms with Gasteiger partial charge >= 0.3 is 0 Å². The van der Waals surface area contributed by atoms with Gasteiger partial charge in [0.1, 0.15) is 5.82 Å². The van der Waals surface area contributed by atoms with Gasteiger partial charge < -0.3 is 15.7 Å². The van der Waals surface area contributed by atoms with Crippen LogP contribution in [0, 0.1) is 5.82 Å². The molecule has 3 rings (SSSR count). The highest BCUT2D eigenvalue weighted by molar-refractivity contribution is 6.33. The van der Waals surface area contributed by atoms with Crippen molar-refractivity contribution in [2.24, 2.45) is 0 Å². The fourth-order valence-corrected chi connectivity index (χ4v) is 3.35. The molecule has 0 radical (unpaired) electrons. The molecule has 1 saturated heterocycles. The van der Waals surface area contributed by atoms with Crippen LogP contribution in [0.15, 0.2) is 48.5 Å². The van der Waals surface area contributed by atoms with Gasteiger partial charge in [-0.3, -0.25) is 4.79 Å². The van der Waals surface area contributed by atoms with Crippen LogP contribution in [0.4, 0.5) is 4.39 Å². The maximum atomic E-state index is 13.2. The minimum atomic E-state index is -0.915. The lowest BCUT2D eigenvalue weighted by Crippen LogP contribution is -2.61. The zero-order valence-electron chi connectivity index (χ0n) is 12.9. The fourth-order valence-electron chi connectivity index (χ4n) is 3.10. The van der Waals surface area contributed by atoms with E-state index in [2.05, 4.69) is 10.6 Å². The standard InChI is InChI=1S/C18H18ClFN2O2/c19-15-10-13(20)6-7-14(15)17(24)22-18(8-9-21-11-16(18)23)12-4-2-1-3-5-12/h1-7,10,16,21,23H,8-9,11H2,(H,22,24)/t16-,18+/m1/s1. The number of nitrogens with one attached hydrogen (secondary N) is 2. The Bertz CT molecular complexity index is 741. The molecular formula is C18H18ClFN2O2. The molecule has 0 spiro atoms. The van der Waals surface area contributed by atoms with E-state index in [-0.39, 0.29) is 10.6 Å². The quantitative estimate of drug-likeness (QED) is 0.798. The van der Waals surface area contributed by atoms with Crippen LogP contribution < -0.4 is 10.6 Å². The van der Waals surface area contributed by atoms with Crippen molar-refractivity contribution in [1.29, 1.82) is 0 Å². The zero-order valence-corrected chi connectivity index (χ0v) is 13.7. The molecule has 3 N–H and O–H groups in total. The van der Waals surface area contributed by atoms with E-state index < -0.39 is 23.4 Å². The Morgan fingerprint density at radius 2 is 2.04 bits per heavy atom. The lowest BCUT2D eigenvalue weighted by atomic mass is 9.79. The molecule has 0 saturated carbocycles. The average molecular weight is 349 g/mol. The maximum Gasteiger partial charge on any atom is 0.253 e. The summed E-state index contributed by atoms with van der Waals surface area (Å²) in [6.45, 7) is 1.02. The van der Waals surface area contributed by atoms with Gasteiger partial charge in [0.25, 0.3) is 5.91 Å². The van der Waals surface area contributed by atoms with Crippen molar-refractivity contribution in [1.82, 2.24) is 10.6 Å². The number of hydrogen-bond donors (Lipinski definition) is 3. The molecule has 1 amide bonds.